The molecule has 0 atom stereocenters. The number of carbonyl (C=O) groups excluding carboxylic acids is 1. The van der Waals surface area contributed by atoms with Crippen molar-refractivity contribution in [1.29, 1.82) is 0 Å². The Labute approximate surface area is 169 Å². The highest BCUT2D eigenvalue weighted by atomic mass is 32.2. The molecule has 9 heteroatoms. The van der Waals surface area contributed by atoms with Crippen LogP contribution in [0.1, 0.15) is 5.56 Å². The third kappa shape index (κ3) is 4.04. The molecule has 0 saturated carbocycles. The van der Waals surface area contributed by atoms with E-state index >= 15 is 0 Å². The van der Waals surface area contributed by atoms with E-state index in [0.29, 0.717) is 10.8 Å². The lowest BCUT2D eigenvalue weighted by Gasteiger charge is -2.07. The molecule has 0 aliphatic heterocycles. The summed E-state index contributed by atoms with van der Waals surface area (Å²) in [4.78, 5) is 24.9. The first kappa shape index (κ1) is 18.9. The zero-order valence-corrected chi connectivity index (χ0v) is 16.2. The van der Waals surface area contributed by atoms with Gasteiger partial charge in [-0.2, -0.15) is 0 Å². The van der Waals surface area contributed by atoms with Crippen LogP contribution in [0, 0.1) is 12.7 Å². The minimum Gasteiger partial charge on any atom is -0.325 e. The van der Waals surface area contributed by atoms with Gasteiger partial charge < -0.3 is 5.32 Å². The summed E-state index contributed by atoms with van der Waals surface area (Å²) >= 11 is 1.17. The molecule has 4 aromatic rings. The average Bonchev–Trinajstić information content (AvgIpc) is 3.11. The molecule has 1 N–H and O–H groups in total. The van der Waals surface area contributed by atoms with Crippen molar-refractivity contribution in [1.82, 2.24) is 19.2 Å². The van der Waals surface area contributed by atoms with E-state index in [0.717, 1.165) is 11.3 Å². The molecule has 0 spiro atoms. The van der Waals surface area contributed by atoms with E-state index in [9.17, 15) is 14.0 Å². The number of halogens is 1. The quantitative estimate of drug-likeness (QED) is 0.513. The van der Waals surface area contributed by atoms with Gasteiger partial charge >= 0.3 is 5.56 Å². The lowest BCUT2D eigenvalue weighted by Crippen LogP contribution is -2.20. The summed E-state index contributed by atoms with van der Waals surface area (Å²) in [5, 5.41) is 11.2. The van der Waals surface area contributed by atoms with E-state index in [1.165, 1.54) is 45.1 Å². The Morgan fingerprint density at radius 2 is 1.97 bits per heavy atom. The summed E-state index contributed by atoms with van der Waals surface area (Å²) in [5.74, 6) is -0.515. The van der Waals surface area contributed by atoms with Crippen molar-refractivity contribution in [2.24, 2.45) is 0 Å². The fraction of sp³-hybridized carbons (Fsp3) is 0.100. The van der Waals surface area contributed by atoms with Crippen LogP contribution >= 0.6 is 11.8 Å². The molecule has 0 unspecified atom stereocenters. The number of benzene rings is 2. The molecule has 2 aromatic heterocycles. The van der Waals surface area contributed by atoms with Gasteiger partial charge in [-0.25, -0.2) is 4.39 Å². The molecule has 0 radical (unpaired) electrons. The fourth-order valence-corrected chi connectivity index (χ4v) is 3.56. The van der Waals surface area contributed by atoms with Crippen LogP contribution in [-0.4, -0.2) is 30.8 Å². The Kier molecular flexibility index (Phi) is 5.13. The average molecular weight is 409 g/mol. The number of nitrogens with zero attached hydrogens (tertiary/aromatic N) is 4. The predicted octanol–water partition coefficient (Wildman–Crippen LogP) is 3.06. The van der Waals surface area contributed by atoms with Gasteiger partial charge in [0.05, 0.1) is 11.4 Å². The van der Waals surface area contributed by atoms with Gasteiger partial charge in [0.15, 0.2) is 5.16 Å². The van der Waals surface area contributed by atoms with Crippen molar-refractivity contribution in [3.05, 3.63) is 82.7 Å². The normalized spacial score (nSPS) is 11.0. The van der Waals surface area contributed by atoms with Crippen molar-refractivity contribution in [2.45, 2.75) is 12.1 Å². The Morgan fingerprint density at radius 1 is 1.14 bits per heavy atom. The summed E-state index contributed by atoms with van der Waals surface area (Å²) in [6, 6.07) is 13.2. The summed E-state index contributed by atoms with van der Waals surface area (Å²) in [6.45, 7) is 1.95. The number of anilines is 1. The van der Waals surface area contributed by atoms with E-state index in [2.05, 4.69) is 15.5 Å². The summed E-state index contributed by atoms with van der Waals surface area (Å²) in [5.41, 5.74) is 1.83. The van der Waals surface area contributed by atoms with Crippen LogP contribution in [0.5, 0.6) is 0 Å². The van der Waals surface area contributed by atoms with Crippen LogP contribution in [0.4, 0.5) is 10.1 Å². The molecule has 2 aromatic carbocycles. The van der Waals surface area contributed by atoms with Crippen molar-refractivity contribution >= 4 is 29.0 Å². The Morgan fingerprint density at radius 3 is 2.76 bits per heavy atom. The van der Waals surface area contributed by atoms with E-state index in [1.54, 1.807) is 12.3 Å². The zero-order valence-electron chi connectivity index (χ0n) is 15.4. The SMILES string of the molecule is Cc1cccc(NC(=O)CSc2nnc3c(=O)n(-c4cccc(F)c4)ccn23)c1. The standard InChI is InChI=1S/C20H16FN5O2S/c1-13-4-2-6-15(10-13)22-17(27)12-29-20-24-23-18-19(28)25(8-9-26(18)20)16-7-3-5-14(21)11-16/h2-11H,12H2,1H3,(H,22,27). The molecule has 0 fully saturated rings. The van der Waals surface area contributed by atoms with Gasteiger partial charge in [-0.1, -0.05) is 30.0 Å². The summed E-state index contributed by atoms with van der Waals surface area (Å²) in [6.07, 6.45) is 3.13. The molecule has 0 saturated heterocycles. The predicted molar refractivity (Wildman–Crippen MR) is 109 cm³/mol. The number of nitrogens with one attached hydrogen (secondary N) is 1. The monoisotopic (exact) mass is 409 g/mol. The number of amides is 1. The lowest BCUT2D eigenvalue weighted by atomic mass is 10.2. The van der Waals surface area contributed by atoms with Crippen molar-refractivity contribution in [3.8, 4) is 5.69 Å². The maximum absolute atomic E-state index is 13.5. The second-order valence-electron chi connectivity index (χ2n) is 6.34. The van der Waals surface area contributed by atoms with E-state index in [1.807, 2.05) is 31.2 Å². The molecule has 146 valence electrons. The van der Waals surface area contributed by atoms with Gasteiger partial charge in [-0.05, 0) is 42.8 Å². The molecule has 0 aliphatic rings. The highest BCUT2D eigenvalue weighted by molar-refractivity contribution is 7.99. The highest BCUT2D eigenvalue weighted by Crippen LogP contribution is 2.17. The van der Waals surface area contributed by atoms with Gasteiger partial charge in [0.1, 0.15) is 5.82 Å². The van der Waals surface area contributed by atoms with Crippen LogP contribution < -0.4 is 10.9 Å². The number of rotatable bonds is 5. The largest absolute Gasteiger partial charge is 0.325 e. The minimum absolute atomic E-state index is 0.0957. The summed E-state index contributed by atoms with van der Waals surface area (Å²) < 4.78 is 16.3. The lowest BCUT2D eigenvalue weighted by molar-refractivity contribution is -0.113. The Hall–Kier alpha value is -3.46. The molecule has 29 heavy (non-hydrogen) atoms. The third-order valence-electron chi connectivity index (χ3n) is 4.16. The molecule has 7 nitrogen and oxygen atoms in total. The number of fused-ring (bicyclic) bond motifs is 1. The van der Waals surface area contributed by atoms with Gasteiger partial charge in [0.25, 0.3) is 0 Å². The van der Waals surface area contributed by atoms with E-state index in [4.69, 9.17) is 0 Å². The number of hydrogen-bond donors (Lipinski definition) is 1. The highest BCUT2D eigenvalue weighted by Gasteiger charge is 2.14. The maximum Gasteiger partial charge on any atom is 0.300 e. The maximum atomic E-state index is 13.5. The van der Waals surface area contributed by atoms with Crippen LogP contribution in [0.25, 0.3) is 11.3 Å². The summed E-state index contributed by atoms with van der Waals surface area (Å²) in [7, 11) is 0. The van der Waals surface area contributed by atoms with Gasteiger partial charge in [-0.3, -0.25) is 18.6 Å². The second kappa shape index (κ2) is 7.88. The first-order valence-corrected chi connectivity index (χ1v) is 9.71. The van der Waals surface area contributed by atoms with Crippen molar-refractivity contribution < 1.29 is 9.18 Å². The van der Waals surface area contributed by atoms with Crippen LogP contribution in [0.2, 0.25) is 0 Å². The van der Waals surface area contributed by atoms with Crippen molar-refractivity contribution in [3.63, 3.8) is 0 Å². The molecule has 0 aliphatic carbocycles. The molecule has 2 heterocycles. The van der Waals surface area contributed by atoms with Crippen LogP contribution in [-0.2, 0) is 4.79 Å². The Balaban J connectivity index is 1.53. The number of hydrogen-bond acceptors (Lipinski definition) is 5. The van der Waals surface area contributed by atoms with E-state index in [-0.39, 0.29) is 17.3 Å². The first-order chi connectivity index (χ1) is 14.0. The second-order valence-corrected chi connectivity index (χ2v) is 7.28. The molecular formula is C20H16FN5O2S. The van der Waals surface area contributed by atoms with Crippen LogP contribution in [0.15, 0.2) is 70.9 Å². The molecule has 1 amide bonds. The van der Waals surface area contributed by atoms with Crippen LogP contribution in [0.3, 0.4) is 0 Å². The number of aromatic nitrogens is 4. The number of carbonyl (C=O) groups is 1. The topological polar surface area (TPSA) is 81.3 Å². The smallest absolute Gasteiger partial charge is 0.300 e. The molecule has 4 rings (SSSR count). The third-order valence-corrected chi connectivity index (χ3v) is 5.10. The Bertz CT molecular complexity index is 1270. The first-order valence-electron chi connectivity index (χ1n) is 8.73. The van der Waals surface area contributed by atoms with Gasteiger partial charge in [0.2, 0.25) is 11.6 Å². The van der Waals surface area contributed by atoms with Gasteiger partial charge in [0, 0.05) is 18.1 Å². The number of thioether (sulfide) groups is 1. The zero-order chi connectivity index (χ0) is 20.4. The molecular weight excluding hydrogens is 393 g/mol. The molecule has 0 bridgehead atoms. The van der Waals surface area contributed by atoms with Gasteiger partial charge in [-0.15, -0.1) is 10.2 Å². The fourth-order valence-electron chi connectivity index (χ4n) is 2.84. The van der Waals surface area contributed by atoms with E-state index < -0.39 is 11.4 Å². The minimum atomic E-state index is -0.438. The van der Waals surface area contributed by atoms with Crippen molar-refractivity contribution in [2.75, 3.05) is 11.1 Å². The number of aryl methyl sites for hydroxylation is 1.